The number of aromatic nitrogens is 3. The molecule has 3 aliphatic rings. The molecule has 1 N–H and O–H groups in total. The minimum absolute atomic E-state index is 0.121. The first-order valence-corrected chi connectivity index (χ1v) is 14.2. The molecule has 3 aliphatic heterocycles. The van der Waals surface area contributed by atoms with Gasteiger partial charge in [0.05, 0.1) is 31.4 Å². The van der Waals surface area contributed by atoms with Crippen molar-refractivity contribution in [3.05, 3.63) is 54.4 Å². The molecular weight excluding hydrogens is 520 g/mol. The van der Waals surface area contributed by atoms with Crippen LogP contribution in [0.2, 0.25) is 0 Å². The van der Waals surface area contributed by atoms with Gasteiger partial charge in [-0.3, -0.25) is 9.69 Å². The molecule has 6 rings (SSSR count). The van der Waals surface area contributed by atoms with Crippen LogP contribution in [0.15, 0.2) is 48.8 Å². The Morgan fingerprint density at radius 2 is 1.90 bits per heavy atom. The number of hydrogen-bond donors (Lipinski definition) is 1. The molecule has 212 valence electrons. The van der Waals surface area contributed by atoms with Gasteiger partial charge in [0.15, 0.2) is 5.82 Å². The first-order chi connectivity index (χ1) is 20.1. The van der Waals surface area contributed by atoms with Crippen LogP contribution >= 0.6 is 0 Å². The van der Waals surface area contributed by atoms with Gasteiger partial charge in [-0.05, 0) is 42.5 Å². The Kier molecular flexibility index (Phi) is 7.93. The molecule has 1 atom stereocenters. The summed E-state index contributed by atoms with van der Waals surface area (Å²) < 4.78 is 11.4. The van der Waals surface area contributed by atoms with Crippen LogP contribution in [0, 0.1) is 11.3 Å². The Balaban J connectivity index is 1.08. The van der Waals surface area contributed by atoms with Gasteiger partial charge in [0.2, 0.25) is 11.9 Å². The predicted octanol–water partition coefficient (Wildman–Crippen LogP) is 3.06. The summed E-state index contributed by atoms with van der Waals surface area (Å²) in [5, 5.41) is 13.1. The average Bonchev–Trinajstić information content (AvgIpc) is 3.46. The molecule has 3 fully saturated rings. The van der Waals surface area contributed by atoms with E-state index >= 15 is 0 Å². The van der Waals surface area contributed by atoms with Gasteiger partial charge in [-0.2, -0.15) is 10.2 Å². The maximum absolute atomic E-state index is 12.0. The highest BCUT2D eigenvalue weighted by atomic mass is 16.5. The number of carbonyl (C=O) groups is 1. The Labute approximate surface area is 239 Å². The third-order valence-corrected chi connectivity index (χ3v) is 7.96. The number of benzene rings is 2. The van der Waals surface area contributed by atoms with Crippen molar-refractivity contribution in [1.82, 2.24) is 24.8 Å². The standard InChI is InChI=1S/C30H34N8O3/c1-2-28(39)38-10-9-26(17-38)41-27-8-3-21(15-22(27)16-31)29-32-20-33-30(35-29)34-23-4-6-24(7-5-23)36-11-13-37(14-12-36)25-18-40-19-25/h3-8,15,20,25-26H,2,9-14,17-19H2,1H3,(H,32,33,34,35)/t26-/m1/s1. The summed E-state index contributed by atoms with van der Waals surface area (Å²) in [6.45, 7) is 8.92. The van der Waals surface area contributed by atoms with Crippen LogP contribution in [0.25, 0.3) is 11.4 Å². The Morgan fingerprint density at radius 1 is 1.10 bits per heavy atom. The van der Waals surface area contributed by atoms with E-state index < -0.39 is 0 Å². The zero-order chi connectivity index (χ0) is 28.2. The monoisotopic (exact) mass is 554 g/mol. The maximum atomic E-state index is 12.0. The van der Waals surface area contributed by atoms with Gasteiger partial charge in [0.25, 0.3) is 0 Å². The lowest BCUT2D eigenvalue weighted by atomic mass is 10.1. The molecule has 4 heterocycles. The number of nitrogens with zero attached hydrogens (tertiary/aromatic N) is 7. The van der Waals surface area contributed by atoms with Crippen LogP contribution in [0.5, 0.6) is 5.75 Å². The summed E-state index contributed by atoms with van der Waals surface area (Å²) in [7, 11) is 0. The highest BCUT2D eigenvalue weighted by Gasteiger charge is 2.29. The maximum Gasteiger partial charge on any atom is 0.230 e. The Hall–Kier alpha value is -4.27. The topological polar surface area (TPSA) is 120 Å². The third kappa shape index (κ3) is 6.09. The van der Waals surface area contributed by atoms with Crippen LogP contribution in [0.1, 0.15) is 25.3 Å². The fourth-order valence-electron chi connectivity index (χ4n) is 5.47. The predicted molar refractivity (Wildman–Crippen MR) is 154 cm³/mol. The number of amides is 1. The van der Waals surface area contributed by atoms with E-state index in [1.165, 1.54) is 12.0 Å². The van der Waals surface area contributed by atoms with Gasteiger partial charge < -0.3 is 24.6 Å². The molecule has 0 radical (unpaired) electrons. The molecule has 3 saturated heterocycles. The second-order valence-corrected chi connectivity index (χ2v) is 10.6. The third-order valence-electron chi connectivity index (χ3n) is 7.96. The van der Waals surface area contributed by atoms with E-state index in [0.717, 1.165) is 51.5 Å². The lowest BCUT2D eigenvalue weighted by Gasteiger charge is -2.43. The van der Waals surface area contributed by atoms with Gasteiger partial charge in [-0.15, -0.1) is 0 Å². The van der Waals surface area contributed by atoms with E-state index in [9.17, 15) is 10.1 Å². The number of anilines is 3. The smallest absolute Gasteiger partial charge is 0.230 e. The first kappa shape index (κ1) is 26.9. The second-order valence-electron chi connectivity index (χ2n) is 10.6. The summed E-state index contributed by atoms with van der Waals surface area (Å²) in [5.41, 5.74) is 3.17. The van der Waals surface area contributed by atoms with Crippen molar-refractivity contribution in [1.29, 1.82) is 5.26 Å². The van der Waals surface area contributed by atoms with Gasteiger partial charge in [0, 0.05) is 62.5 Å². The molecule has 1 aromatic heterocycles. The number of carbonyl (C=O) groups excluding carboxylic acids is 1. The van der Waals surface area contributed by atoms with Crippen molar-refractivity contribution in [2.75, 3.05) is 62.7 Å². The summed E-state index contributed by atoms with van der Waals surface area (Å²) in [5.74, 6) is 1.50. The lowest BCUT2D eigenvalue weighted by molar-refractivity contribution is -0.130. The minimum Gasteiger partial charge on any atom is -0.487 e. The van der Waals surface area contributed by atoms with E-state index in [-0.39, 0.29) is 12.0 Å². The number of likely N-dealkylation sites (tertiary alicyclic amines) is 1. The molecule has 11 heteroatoms. The highest BCUT2D eigenvalue weighted by Crippen LogP contribution is 2.28. The fourth-order valence-corrected chi connectivity index (χ4v) is 5.47. The van der Waals surface area contributed by atoms with Crippen molar-refractivity contribution < 1.29 is 14.3 Å². The molecule has 0 unspecified atom stereocenters. The lowest BCUT2D eigenvalue weighted by Crippen LogP contribution is -2.56. The molecule has 2 aromatic carbocycles. The number of hydrogen-bond acceptors (Lipinski definition) is 10. The van der Waals surface area contributed by atoms with Crippen molar-refractivity contribution in [3.8, 4) is 23.2 Å². The summed E-state index contributed by atoms with van der Waals surface area (Å²) >= 11 is 0. The number of rotatable bonds is 8. The minimum atomic E-state index is -0.130. The van der Waals surface area contributed by atoms with E-state index in [1.807, 2.05) is 30.0 Å². The van der Waals surface area contributed by atoms with Crippen LogP contribution < -0.4 is 15.0 Å². The highest BCUT2D eigenvalue weighted by molar-refractivity contribution is 5.76. The summed E-state index contributed by atoms with van der Waals surface area (Å²) in [6, 6.07) is 16.4. The molecule has 41 heavy (non-hydrogen) atoms. The number of piperazine rings is 1. The zero-order valence-corrected chi connectivity index (χ0v) is 23.2. The van der Waals surface area contributed by atoms with Crippen molar-refractivity contribution >= 4 is 23.2 Å². The van der Waals surface area contributed by atoms with Gasteiger partial charge in [-0.1, -0.05) is 6.92 Å². The van der Waals surface area contributed by atoms with Crippen LogP contribution in [-0.2, 0) is 9.53 Å². The quantitative estimate of drug-likeness (QED) is 0.445. The van der Waals surface area contributed by atoms with E-state index in [0.29, 0.717) is 54.2 Å². The zero-order valence-electron chi connectivity index (χ0n) is 23.2. The summed E-state index contributed by atoms with van der Waals surface area (Å²) in [4.78, 5) is 31.9. The summed E-state index contributed by atoms with van der Waals surface area (Å²) in [6.07, 6.45) is 2.55. The van der Waals surface area contributed by atoms with Gasteiger partial charge >= 0.3 is 0 Å². The molecule has 0 saturated carbocycles. The SMILES string of the molecule is CCC(=O)N1CC[C@@H](Oc2ccc(-c3ncnc(Nc4ccc(N5CCN(C6COC6)CC5)cc4)n3)cc2C#N)C1. The van der Waals surface area contributed by atoms with Gasteiger partial charge in [-0.25, -0.2) is 9.97 Å². The van der Waals surface area contributed by atoms with Crippen molar-refractivity contribution in [3.63, 3.8) is 0 Å². The molecule has 1 amide bonds. The first-order valence-electron chi connectivity index (χ1n) is 14.2. The number of nitriles is 1. The number of ether oxygens (including phenoxy) is 2. The molecule has 0 bridgehead atoms. The molecular formula is C30H34N8O3. The molecule has 11 nitrogen and oxygen atoms in total. The van der Waals surface area contributed by atoms with Gasteiger partial charge in [0.1, 0.15) is 24.3 Å². The molecule has 3 aromatic rings. The van der Waals surface area contributed by atoms with Crippen LogP contribution in [0.4, 0.5) is 17.3 Å². The second kappa shape index (κ2) is 12.1. The number of nitrogens with one attached hydrogen (secondary N) is 1. The van der Waals surface area contributed by atoms with Crippen molar-refractivity contribution in [2.45, 2.75) is 31.9 Å². The molecule has 0 aliphatic carbocycles. The average molecular weight is 555 g/mol. The Morgan fingerprint density at radius 3 is 2.61 bits per heavy atom. The van der Waals surface area contributed by atoms with Crippen LogP contribution in [-0.4, -0.2) is 95.3 Å². The fraction of sp³-hybridized carbons (Fsp3) is 0.433. The van der Waals surface area contributed by atoms with Crippen molar-refractivity contribution in [2.24, 2.45) is 0 Å². The Bertz CT molecular complexity index is 1410. The van der Waals surface area contributed by atoms with E-state index in [1.54, 1.807) is 12.1 Å². The normalized spacial score (nSPS) is 19.5. The molecule has 0 spiro atoms. The van der Waals surface area contributed by atoms with E-state index in [4.69, 9.17) is 9.47 Å². The largest absolute Gasteiger partial charge is 0.487 e. The van der Waals surface area contributed by atoms with E-state index in [2.05, 4.69) is 48.3 Å². The van der Waals surface area contributed by atoms with Crippen LogP contribution in [0.3, 0.4) is 0 Å².